The molecule has 0 radical (unpaired) electrons. The number of amides is 1. The van der Waals surface area contributed by atoms with Crippen LogP contribution in [0.3, 0.4) is 0 Å². The Morgan fingerprint density at radius 2 is 2.37 bits per heavy atom. The number of aromatic nitrogens is 1. The third-order valence-electron chi connectivity index (χ3n) is 2.77. The van der Waals surface area contributed by atoms with Gasteiger partial charge in [-0.1, -0.05) is 6.92 Å². The van der Waals surface area contributed by atoms with Gasteiger partial charge in [0.1, 0.15) is 0 Å². The number of β-amino-alcohol motifs (C(OH)–C–C–N with tert-alkyl or cyclic N) is 1. The first-order valence-corrected chi connectivity index (χ1v) is 6.69. The summed E-state index contributed by atoms with van der Waals surface area (Å²) in [6, 6.07) is -0.269. The number of aryl methyl sites for hydroxylation is 1. The van der Waals surface area contributed by atoms with Crippen molar-refractivity contribution in [1.29, 1.82) is 0 Å². The van der Waals surface area contributed by atoms with Gasteiger partial charge in [-0.2, -0.15) is 0 Å². The second kappa shape index (κ2) is 8.71. The molecule has 0 aromatic carbocycles. The average Bonchev–Trinajstić information content (AvgIpc) is 2.94. The van der Waals surface area contributed by atoms with Gasteiger partial charge < -0.3 is 15.7 Å². The summed E-state index contributed by atoms with van der Waals surface area (Å²) in [4.78, 5) is 16.1. The van der Waals surface area contributed by atoms with Crippen LogP contribution in [0, 0.1) is 0 Å². The van der Waals surface area contributed by atoms with E-state index in [0.29, 0.717) is 19.5 Å². The molecular weight excluding hydrogens is 309 g/mol. The van der Waals surface area contributed by atoms with E-state index in [2.05, 4.69) is 22.5 Å². The molecule has 110 valence electrons. The number of hydrogen-bond donors (Lipinski definition) is 3. The lowest BCUT2D eigenvalue weighted by molar-refractivity contribution is -0.123. The van der Waals surface area contributed by atoms with E-state index in [9.17, 15) is 9.90 Å². The van der Waals surface area contributed by atoms with Gasteiger partial charge in [0.15, 0.2) is 0 Å². The highest BCUT2D eigenvalue weighted by molar-refractivity contribution is 7.09. The Morgan fingerprint density at radius 1 is 1.63 bits per heavy atom. The van der Waals surface area contributed by atoms with Crippen LogP contribution in [-0.4, -0.2) is 34.7 Å². The Hall–Kier alpha value is -0.400. The van der Waals surface area contributed by atoms with Gasteiger partial charge in [0.2, 0.25) is 5.91 Å². The van der Waals surface area contributed by atoms with E-state index < -0.39 is 6.10 Å². The zero-order valence-electron chi connectivity index (χ0n) is 10.6. The van der Waals surface area contributed by atoms with Gasteiger partial charge in [-0.15, -0.1) is 36.2 Å². The van der Waals surface area contributed by atoms with Crippen LogP contribution in [0.5, 0.6) is 0 Å². The summed E-state index contributed by atoms with van der Waals surface area (Å²) in [7, 11) is 0. The fourth-order valence-electron chi connectivity index (χ4n) is 1.81. The summed E-state index contributed by atoms with van der Waals surface area (Å²) in [6.07, 6.45) is 1.01. The maximum atomic E-state index is 11.7. The SMILES string of the molecule is CCc1nc(CNC(=O)C2CC(O)CN2)cs1.Cl.Cl. The minimum absolute atomic E-state index is 0. The third-order valence-corrected chi connectivity index (χ3v) is 3.81. The van der Waals surface area contributed by atoms with Gasteiger partial charge in [0.25, 0.3) is 0 Å². The van der Waals surface area contributed by atoms with Crippen molar-refractivity contribution in [3.05, 3.63) is 16.1 Å². The van der Waals surface area contributed by atoms with Gasteiger partial charge >= 0.3 is 0 Å². The highest BCUT2D eigenvalue weighted by Gasteiger charge is 2.27. The number of hydrogen-bond acceptors (Lipinski definition) is 5. The largest absolute Gasteiger partial charge is 0.392 e. The fraction of sp³-hybridized carbons (Fsp3) is 0.636. The molecule has 2 atom stereocenters. The second-order valence-corrected chi connectivity index (χ2v) is 5.10. The van der Waals surface area contributed by atoms with Gasteiger partial charge in [-0.25, -0.2) is 4.98 Å². The molecule has 0 aliphatic carbocycles. The van der Waals surface area contributed by atoms with E-state index in [1.165, 1.54) is 0 Å². The molecule has 0 spiro atoms. The van der Waals surface area contributed by atoms with Gasteiger partial charge in [0.05, 0.1) is 29.4 Å². The standard InChI is InChI=1S/C11H17N3O2S.2ClH/c1-2-10-14-7(6-17-10)4-13-11(16)9-3-8(15)5-12-9;;/h6,8-9,12,15H,2-5H2,1H3,(H,13,16);2*1H. The van der Waals surface area contributed by atoms with Crippen LogP contribution in [0.2, 0.25) is 0 Å². The molecule has 1 fully saturated rings. The van der Waals surface area contributed by atoms with Crippen molar-refractivity contribution in [2.75, 3.05) is 6.54 Å². The molecule has 2 unspecified atom stereocenters. The minimum Gasteiger partial charge on any atom is -0.392 e. The number of thiazole rings is 1. The van der Waals surface area contributed by atoms with Crippen LogP contribution in [0.4, 0.5) is 0 Å². The van der Waals surface area contributed by atoms with E-state index in [1.54, 1.807) is 11.3 Å². The topological polar surface area (TPSA) is 74.2 Å². The number of halogens is 2. The number of carbonyl (C=O) groups is 1. The predicted molar refractivity (Wildman–Crippen MR) is 80.2 cm³/mol. The van der Waals surface area contributed by atoms with E-state index in [0.717, 1.165) is 17.1 Å². The first kappa shape index (κ1) is 18.6. The van der Waals surface area contributed by atoms with Crippen LogP contribution < -0.4 is 10.6 Å². The number of carbonyl (C=O) groups excluding carboxylic acids is 1. The van der Waals surface area contributed by atoms with Crippen LogP contribution in [0.25, 0.3) is 0 Å². The van der Waals surface area contributed by atoms with E-state index >= 15 is 0 Å². The molecule has 19 heavy (non-hydrogen) atoms. The number of nitrogens with one attached hydrogen (secondary N) is 2. The number of rotatable bonds is 4. The zero-order chi connectivity index (χ0) is 12.3. The van der Waals surface area contributed by atoms with Crippen LogP contribution >= 0.6 is 36.2 Å². The normalized spacial score (nSPS) is 21.4. The Labute approximate surface area is 129 Å². The molecule has 8 heteroatoms. The van der Waals surface area contributed by atoms with E-state index in [4.69, 9.17) is 0 Å². The lowest BCUT2D eigenvalue weighted by atomic mass is 10.2. The van der Waals surface area contributed by atoms with Gasteiger partial charge in [-0.3, -0.25) is 4.79 Å². The molecule has 1 aliphatic heterocycles. The highest BCUT2D eigenvalue weighted by Crippen LogP contribution is 2.10. The van der Waals surface area contributed by atoms with Crippen molar-refractivity contribution < 1.29 is 9.90 Å². The number of nitrogens with zero attached hydrogens (tertiary/aromatic N) is 1. The quantitative estimate of drug-likeness (QED) is 0.767. The van der Waals surface area contributed by atoms with Crippen molar-refractivity contribution in [1.82, 2.24) is 15.6 Å². The molecule has 1 aromatic heterocycles. The fourth-order valence-corrected chi connectivity index (χ4v) is 2.55. The maximum absolute atomic E-state index is 11.7. The molecule has 2 rings (SSSR count). The Balaban J connectivity index is 0.00000162. The Kier molecular flexibility index (Phi) is 8.52. The van der Waals surface area contributed by atoms with Crippen molar-refractivity contribution in [2.45, 2.75) is 38.5 Å². The average molecular weight is 328 g/mol. The van der Waals surface area contributed by atoms with Crippen molar-refractivity contribution in [3.63, 3.8) is 0 Å². The Morgan fingerprint density at radius 3 is 2.89 bits per heavy atom. The van der Waals surface area contributed by atoms with Crippen molar-refractivity contribution >= 4 is 42.1 Å². The summed E-state index contributed by atoms with van der Waals surface area (Å²) in [6.45, 7) is 3.02. The second-order valence-electron chi connectivity index (χ2n) is 4.15. The predicted octanol–water partition coefficient (Wildman–Crippen LogP) is 0.888. The van der Waals surface area contributed by atoms with Crippen molar-refractivity contribution in [2.24, 2.45) is 0 Å². The summed E-state index contributed by atoms with van der Waals surface area (Å²) in [5.41, 5.74) is 0.902. The molecule has 1 aromatic rings. The number of aliphatic hydroxyl groups excluding tert-OH is 1. The molecule has 1 amide bonds. The highest BCUT2D eigenvalue weighted by atomic mass is 35.5. The molecular formula is C11H19Cl2N3O2S. The lowest BCUT2D eigenvalue weighted by Gasteiger charge is -2.09. The molecule has 3 N–H and O–H groups in total. The maximum Gasteiger partial charge on any atom is 0.237 e. The van der Waals surface area contributed by atoms with E-state index in [1.807, 2.05) is 5.38 Å². The first-order chi connectivity index (χ1) is 8.19. The van der Waals surface area contributed by atoms with Gasteiger partial charge in [0, 0.05) is 11.9 Å². The van der Waals surface area contributed by atoms with Gasteiger partial charge in [-0.05, 0) is 12.8 Å². The molecule has 5 nitrogen and oxygen atoms in total. The van der Waals surface area contributed by atoms with Crippen LogP contribution in [0.1, 0.15) is 24.0 Å². The molecule has 0 bridgehead atoms. The minimum atomic E-state index is -0.406. The lowest BCUT2D eigenvalue weighted by Crippen LogP contribution is -2.40. The molecule has 2 heterocycles. The first-order valence-electron chi connectivity index (χ1n) is 5.81. The summed E-state index contributed by atoms with van der Waals surface area (Å²) in [5, 5.41) is 18.2. The van der Waals surface area contributed by atoms with Crippen LogP contribution in [0.15, 0.2) is 5.38 Å². The smallest absolute Gasteiger partial charge is 0.237 e. The third kappa shape index (κ3) is 5.24. The summed E-state index contributed by atoms with van der Waals surface area (Å²) >= 11 is 1.62. The van der Waals surface area contributed by atoms with Crippen molar-refractivity contribution in [3.8, 4) is 0 Å². The van der Waals surface area contributed by atoms with E-state index in [-0.39, 0.29) is 36.8 Å². The summed E-state index contributed by atoms with van der Waals surface area (Å²) < 4.78 is 0. The summed E-state index contributed by atoms with van der Waals surface area (Å²) in [5.74, 6) is -0.0624. The Bertz CT molecular complexity index is 403. The zero-order valence-corrected chi connectivity index (χ0v) is 13.0. The molecule has 1 saturated heterocycles. The monoisotopic (exact) mass is 327 g/mol. The number of aliphatic hydroxyl groups is 1. The molecule has 1 aliphatic rings. The molecule has 0 saturated carbocycles. The van der Waals surface area contributed by atoms with Crippen LogP contribution in [-0.2, 0) is 17.8 Å².